The fourth-order valence-electron chi connectivity index (χ4n) is 4.17. The number of hydrogen-bond acceptors (Lipinski definition) is 5. The first kappa shape index (κ1) is 21.5. The van der Waals surface area contributed by atoms with Gasteiger partial charge >= 0.3 is 0 Å². The number of benzene rings is 2. The third-order valence-electron chi connectivity index (χ3n) is 5.87. The predicted molar refractivity (Wildman–Crippen MR) is 125 cm³/mol. The summed E-state index contributed by atoms with van der Waals surface area (Å²) in [5.41, 5.74) is 3.08. The van der Waals surface area contributed by atoms with Gasteiger partial charge in [-0.1, -0.05) is 23.5 Å². The maximum Gasteiger partial charge on any atom is 0.225 e. The van der Waals surface area contributed by atoms with Crippen LogP contribution in [0.2, 0.25) is 0 Å². The third kappa shape index (κ3) is 4.45. The molecule has 0 bridgehead atoms. The molecule has 0 saturated carbocycles. The van der Waals surface area contributed by atoms with Gasteiger partial charge in [-0.3, -0.25) is 4.79 Å². The lowest BCUT2D eigenvalue weighted by atomic mass is 9.97. The number of nitrogens with zero attached hydrogens (tertiary/aromatic N) is 4. The van der Waals surface area contributed by atoms with Crippen LogP contribution in [0.3, 0.4) is 0 Å². The van der Waals surface area contributed by atoms with Gasteiger partial charge in [0.1, 0.15) is 11.6 Å². The van der Waals surface area contributed by atoms with Crippen LogP contribution in [-0.4, -0.2) is 33.8 Å². The maximum absolute atomic E-state index is 13.4. The van der Waals surface area contributed by atoms with E-state index in [1.54, 1.807) is 40.3 Å². The summed E-state index contributed by atoms with van der Waals surface area (Å²) in [5, 5.41) is 8.36. The number of carbonyl (C=O) groups is 1. The number of aromatic nitrogens is 3. The highest BCUT2D eigenvalue weighted by atomic mass is 32.1. The van der Waals surface area contributed by atoms with Crippen molar-refractivity contribution in [3.05, 3.63) is 71.4 Å². The number of hydrogen-bond donors (Lipinski definition) is 1. The Labute approximate surface area is 193 Å². The number of anilines is 1. The van der Waals surface area contributed by atoms with Crippen molar-refractivity contribution < 1.29 is 13.6 Å². The molecule has 0 spiro atoms. The van der Waals surface area contributed by atoms with Gasteiger partial charge in [-0.05, 0) is 61.7 Å². The summed E-state index contributed by atoms with van der Waals surface area (Å²) >= 11 is 1.56. The lowest BCUT2D eigenvalue weighted by Crippen LogP contribution is -2.43. The molecule has 2 aromatic heterocycles. The van der Waals surface area contributed by atoms with Crippen LogP contribution in [0.25, 0.3) is 16.0 Å². The lowest BCUT2D eigenvalue weighted by molar-refractivity contribution is -0.125. The smallest absolute Gasteiger partial charge is 0.225 e. The first-order valence-corrected chi connectivity index (χ1v) is 11.7. The molecule has 0 radical (unpaired) electrons. The summed E-state index contributed by atoms with van der Waals surface area (Å²) < 4.78 is 29.4. The Bertz CT molecular complexity index is 1300. The van der Waals surface area contributed by atoms with Crippen molar-refractivity contribution in [2.45, 2.75) is 26.3 Å². The number of carbonyl (C=O) groups excluding carboxylic acids is 1. The average Bonchev–Trinajstić information content (AvgIpc) is 3.39. The molecule has 0 unspecified atom stereocenters. The fraction of sp³-hybridized carbons (Fsp3) is 0.292. The van der Waals surface area contributed by atoms with Crippen LogP contribution in [0.1, 0.15) is 24.1 Å². The minimum atomic E-state index is -0.309. The predicted octanol–water partition coefficient (Wildman–Crippen LogP) is 4.60. The molecule has 3 heterocycles. The first-order valence-electron chi connectivity index (χ1n) is 10.9. The van der Waals surface area contributed by atoms with Crippen LogP contribution >= 0.6 is 11.3 Å². The number of fused-ring (bicyclic) bond motifs is 1. The van der Waals surface area contributed by atoms with E-state index in [0.29, 0.717) is 13.1 Å². The molecular formula is C24H23F2N5OS. The molecule has 5 rings (SSSR count). The van der Waals surface area contributed by atoms with Gasteiger partial charge in [0.15, 0.2) is 10.8 Å². The molecule has 1 N–H and O–H groups in total. The summed E-state index contributed by atoms with van der Waals surface area (Å²) in [6.45, 7) is 3.64. The van der Waals surface area contributed by atoms with Gasteiger partial charge < -0.3 is 10.2 Å². The van der Waals surface area contributed by atoms with E-state index in [9.17, 15) is 13.6 Å². The van der Waals surface area contributed by atoms with Gasteiger partial charge in [0, 0.05) is 19.6 Å². The molecular weight excluding hydrogens is 444 g/mol. The monoisotopic (exact) mass is 467 g/mol. The molecule has 2 aromatic carbocycles. The summed E-state index contributed by atoms with van der Waals surface area (Å²) in [4.78, 5) is 19.8. The van der Waals surface area contributed by atoms with E-state index in [0.717, 1.165) is 51.8 Å². The van der Waals surface area contributed by atoms with E-state index in [1.165, 1.54) is 24.3 Å². The van der Waals surface area contributed by atoms with E-state index < -0.39 is 0 Å². The summed E-state index contributed by atoms with van der Waals surface area (Å²) in [5.74, 6) is -0.795. The Kier molecular flexibility index (Phi) is 5.80. The number of piperidine rings is 1. The van der Waals surface area contributed by atoms with Crippen LogP contribution < -0.4 is 10.2 Å². The van der Waals surface area contributed by atoms with Crippen LogP contribution in [0.15, 0.2) is 48.5 Å². The number of halogens is 2. The lowest BCUT2D eigenvalue weighted by Gasteiger charge is -2.31. The minimum Gasteiger partial charge on any atom is -0.352 e. The van der Waals surface area contributed by atoms with Gasteiger partial charge in [-0.25, -0.2) is 13.5 Å². The molecule has 1 atom stereocenters. The molecule has 1 saturated heterocycles. The number of nitrogens with one attached hydrogen (secondary N) is 1. The number of rotatable bonds is 5. The topological polar surface area (TPSA) is 63.1 Å². The van der Waals surface area contributed by atoms with Crippen molar-refractivity contribution in [2.24, 2.45) is 5.92 Å². The zero-order valence-corrected chi connectivity index (χ0v) is 18.9. The minimum absolute atomic E-state index is 0.0289. The Morgan fingerprint density at radius 3 is 2.79 bits per heavy atom. The van der Waals surface area contributed by atoms with Crippen LogP contribution in [0.4, 0.5) is 13.9 Å². The van der Waals surface area contributed by atoms with E-state index >= 15 is 0 Å². The van der Waals surface area contributed by atoms with E-state index in [2.05, 4.69) is 15.3 Å². The second-order valence-electron chi connectivity index (χ2n) is 8.26. The standard InChI is InChI=1S/C24H23F2N5OS/c1-15-21-22(31(29-15)20-9-7-18(25)8-10-20)28-24(33-21)30-11-3-5-17(14-30)23(32)27-13-16-4-2-6-19(26)12-16/h2,4,6-10,12,17H,3,5,11,13-14H2,1H3,(H,27,32)/t17-/m1/s1. The van der Waals surface area contributed by atoms with Crippen molar-refractivity contribution in [1.82, 2.24) is 20.1 Å². The zero-order chi connectivity index (χ0) is 22.9. The SMILES string of the molecule is Cc1nn(-c2ccc(F)cc2)c2nc(N3CCC[C@@H](C(=O)NCc4cccc(F)c4)C3)sc12. The third-order valence-corrected chi connectivity index (χ3v) is 7.08. The molecule has 4 aromatic rings. The normalized spacial score (nSPS) is 16.3. The van der Waals surface area contributed by atoms with Gasteiger partial charge in [0.2, 0.25) is 5.91 Å². The van der Waals surface area contributed by atoms with Gasteiger partial charge in [0.05, 0.1) is 22.0 Å². The van der Waals surface area contributed by atoms with Crippen LogP contribution in [-0.2, 0) is 11.3 Å². The Balaban J connectivity index is 1.32. The number of thiazole rings is 1. The van der Waals surface area contributed by atoms with Crippen LogP contribution in [0.5, 0.6) is 0 Å². The Morgan fingerprint density at radius 1 is 1.18 bits per heavy atom. The Hall–Kier alpha value is -3.33. The van der Waals surface area contributed by atoms with Gasteiger partial charge in [-0.2, -0.15) is 10.1 Å². The molecule has 1 aliphatic rings. The fourth-order valence-corrected chi connectivity index (χ4v) is 5.19. The van der Waals surface area contributed by atoms with Crippen molar-refractivity contribution >= 4 is 32.7 Å². The first-order chi connectivity index (χ1) is 16.0. The number of amides is 1. The largest absolute Gasteiger partial charge is 0.352 e. The molecule has 9 heteroatoms. The van der Waals surface area contributed by atoms with Gasteiger partial charge in [-0.15, -0.1) is 0 Å². The van der Waals surface area contributed by atoms with Crippen molar-refractivity contribution in [1.29, 1.82) is 0 Å². The molecule has 170 valence electrons. The highest BCUT2D eigenvalue weighted by Gasteiger charge is 2.28. The summed E-state index contributed by atoms with van der Waals surface area (Å²) in [6.07, 6.45) is 1.69. The van der Waals surface area contributed by atoms with Crippen LogP contribution in [0, 0.1) is 24.5 Å². The highest BCUT2D eigenvalue weighted by Crippen LogP contribution is 2.34. The van der Waals surface area contributed by atoms with Crippen molar-refractivity contribution in [2.75, 3.05) is 18.0 Å². The summed E-state index contributed by atoms with van der Waals surface area (Å²) in [6, 6.07) is 12.4. The van der Waals surface area contributed by atoms with E-state index in [-0.39, 0.29) is 23.5 Å². The Morgan fingerprint density at radius 2 is 2.00 bits per heavy atom. The molecule has 6 nitrogen and oxygen atoms in total. The zero-order valence-electron chi connectivity index (χ0n) is 18.1. The van der Waals surface area contributed by atoms with E-state index in [4.69, 9.17) is 4.98 Å². The molecule has 1 fully saturated rings. The quantitative estimate of drug-likeness (QED) is 0.466. The highest BCUT2D eigenvalue weighted by molar-refractivity contribution is 7.22. The molecule has 33 heavy (non-hydrogen) atoms. The second kappa shape index (κ2) is 8.90. The summed E-state index contributed by atoms with van der Waals surface area (Å²) in [7, 11) is 0. The molecule has 1 amide bonds. The number of aryl methyl sites for hydroxylation is 1. The van der Waals surface area contributed by atoms with Crippen molar-refractivity contribution in [3.63, 3.8) is 0 Å². The maximum atomic E-state index is 13.4. The molecule has 0 aliphatic carbocycles. The van der Waals surface area contributed by atoms with E-state index in [1.807, 2.05) is 6.92 Å². The second-order valence-corrected chi connectivity index (χ2v) is 9.23. The van der Waals surface area contributed by atoms with Crippen molar-refractivity contribution in [3.8, 4) is 5.69 Å². The van der Waals surface area contributed by atoms with Gasteiger partial charge in [0.25, 0.3) is 0 Å². The molecule has 1 aliphatic heterocycles. The average molecular weight is 468 g/mol.